The van der Waals surface area contributed by atoms with Crippen molar-refractivity contribution in [2.24, 2.45) is 5.41 Å². The lowest BCUT2D eigenvalue weighted by Gasteiger charge is -2.36. The van der Waals surface area contributed by atoms with Crippen LogP contribution in [-0.2, 0) is 26.6 Å². The molecule has 1 aliphatic rings. The zero-order chi connectivity index (χ0) is 28.3. The largest absolute Gasteiger partial charge is 0.469 e. The van der Waals surface area contributed by atoms with Crippen molar-refractivity contribution in [3.8, 4) is 0 Å². The number of ether oxygens (including phenoxy) is 2. The maximum absolute atomic E-state index is 13.7. The number of carbonyl (C=O) groups excluding carboxylic acids is 1. The minimum absolute atomic E-state index is 0.0725. The summed E-state index contributed by atoms with van der Waals surface area (Å²) >= 11 is 0. The van der Waals surface area contributed by atoms with E-state index >= 15 is 0 Å². The first-order valence-electron chi connectivity index (χ1n) is 12.5. The van der Waals surface area contributed by atoms with Gasteiger partial charge >= 0.3 is 18.3 Å². The topological polar surface area (TPSA) is 35.5 Å². The standard InChI is InChI=1S/C28H31F7O3/c1-4-5-6-12-26(25(36)37-3)13-11-23(24(26)18-7-9-22(29)10-8-18)38-17(2)19-14-20(27(30,31)32)16-21(15-19)28(33,34)35/h7-10,14-17,23-24H,4-6,11-13H2,1-3H3/t17?,23-,24?,26?/m0/s1. The highest BCUT2D eigenvalue weighted by molar-refractivity contribution is 5.79. The average molecular weight is 549 g/mol. The monoisotopic (exact) mass is 548 g/mol. The molecule has 10 heteroatoms. The van der Waals surface area contributed by atoms with E-state index in [0.717, 1.165) is 12.8 Å². The molecular formula is C28H31F7O3. The van der Waals surface area contributed by atoms with E-state index in [0.29, 0.717) is 43.4 Å². The van der Waals surface area contributed by atoms with Gasteiger partial charge in [0.2, 0.25) is 0 Å². The molecule has 0 aromatic heterocycles. The fourth-order valence-corrected chi connectivity index (χ4v) is 5.49. The van der Waals surface area contributed by atoms with Crippen molar-refractivity contribution in [3.63, 3.8) is 0 Å². The van der Waals surface area contributed by atoms with E-state index in [1.165, 1.54) is 38.3 Å². The normalized spacial score (nSPS) is 22.9. The Morgan fingerprint density at radius 2 is 1.58 bits per heavy atom. The third-order valence-corrected chi connectivity index (χ3v) is 7.35. The molecule has 4 atom stereocenters. The van der Waals surface area contributed by atoms with Gasteiger partial charge in [-0.25, -0.2) is 4.39 Å². The van der Waals surface area contributed by atoms with Crippen LogP contribution in [0.3, 0.4) is 0 Å². The first kappa shape index (κ1) is 29.9. The molecule has 1 aliphatic carbocycles. The molecule has 3 rings (SSSR count). The second-order valence-corrected chi connectivity index (χ2v) is 9.83. The number of carbonyl (C=O) groups is 1. The van der Waals surface area contributed by atoms with Crippen molar-refractivity contribution in [1.29, 1.82) is 0 Å². The molecule has 0 aliphatic heterocycles. The number of alkyl halides is 6. The molecule has 0 saturated heterocycles. The van der Waals surface area contributed by atoms with Crippen LogP contribution in [0.4, 0.5) is 30.7 Å². The van der Waals surface area contributed by atoms with Crippen LogP contribution in [0.25, 0.3) is 0 Å². The number of hydrogen-bond donors (Lipinski definition) is 0. The van der Waals surface area contributed by atoms with Crippen molar-refractivity contribution >= 4 is 5.97 Å². The number of hydrogen-bond acceptors (Lipinski definition) is 3. The summed E-state index contributed by atoms with van der Waals surface area (Å²) in [5.41, 5.74) is -3.59. The van der Waals surface area contributed by atoms with Gasteiger partial charge in [-0.3, -0.25) is 4.79 Å². The fourth-order valence-electron chi connectivity index (χ4n) is 5.49. The molecule has 0 radical (unpaired) electrons. The minimum Gasteiger partial charge on any atom is -0.469 e. The van der Waals surface area contributed by atoms with Gasteiger partial charge in [0.15, 0.2) is 0 Å². The number of esters is 1. The van der Waals surface area contributed by atoms with Crippen LogP contribution in [0.15, 0.2) is 42.5 Å². The molecule has 210 valence electrons. The van der Waals surface area contributed by atoms with E-state index in [1.807, 2.05) is 6.92 Å². The molecule has 38 heavy (non-hydrogen) atoms. The minimum atomic E-state index is -4.99. The zero-order valence-corrected chi connectivity index (χ0v) is 21.4. The lowest BCUT2D eigenvalue weighted by Crippen LogP contribution is -2.38. The quantitative estimate of drug-likeness (QED) is 0.179. The summed E-state index contributed by atoms with van der Waals surface area (Å²) in [6.07, 6.45) is -8.31. The van der Waals surface area contributed by atoms with Crippen LogP contribution < -0.4 is 0 Å². The van der Waals surface area contributed by atoms with Gasteiger partial charge in [-0.2, -0.15) is 26.3 Å². The highest BCUT2D eigenvalue weighted by atomic mass is 19.4. The molecule has 3 nitrogen and oxygen atoms in total. The Labute approximate surface area is 217 Å². The van der Waals surface area contributed by atoms with Crippen LogP contribution in [0.1, 0.15) is 86.6 Å². The Bertz CT molecular complexity index is 1060. The predicted octanol–water partition coefficient (Wildman–Crippen LogP) is 8.63. The van der Waals surface area contributed by atoms with E-state index in [1.54, 1.807) is 0 Å². The maximum atomic E-state index is 13.7. The predicted molar refractivity (Wildman–Crippen MR) is 127 cm³/mol. The molecular weight excluding hydrogens is 517 g/mol. The van der Waals surface area contributed by atoms with Gasteiger partial charge in [-0.1, -0.05) is 38.3 Å². The number of methoxy groups -OCH3 is 1. The second-order valence-electron chi connectivity index (χ2n) is 9.83. The summed E-state index contributed by atoms with van der Waals surface area (Å²) in [4.78, 5) is 13.2. The summed E-state index contributed by atoms with van der Waals surface area (Å²) in [5.74, 6) is -1.60. The molecule has 0 amide bonds. The maximum Gasteiger partial charge on any atom is 0.416 e. The third-order valence-electron chi connectivity index (χ3n) is 7.35. The van der Waals surface area contributed by atoms with Crippen LogP contribution in [0.2, 0.25) is 0 Å². The summed E-state index contributed by atoms with van der Waals surface area (Å²) in [5, 5.41) is 0. The summed E-state index contributed by atoms with van der Waals surface area (Å²) < 4.78 is 105. The molecule has 0 N–H and O–H groups in total. The highest BCUT2D eigenvalue weighted by Gasteiger charge is 2.55. The van der Waals surface area contributed by atoms with Crippen LogP contribution in [0, 0.1) is 11.2 Å². The van der Waals surface area contributed by atoms with Crippen LogP contribution >= 0.6 is 0 Å². The molecule has 0 spiro atoms. The second kappa shape index (κ2) is 11.6. The van der Waals surface area contributed by atoms with E-state index in [4.69, 9.17) is 9.47 Å². The first-order valence-corrected chi connectivity index (χ1v) is 12.5. The molecule has 2 aromatic carbocycles. The molecule has 1 saturated carbocycles. The Morgan fingerprint density at radius 3 is 2.08 bits per heavy atom. The Kier molecular flexibility index (Phi) is 9.16. The van der Waals surface area contributed by atoms with E-state index in [-0.39, 0.29) is 11.6 Å². The van der Waals surface area contributed by atoms with Gasteiger partial charge in [-0.15, -0.1) is 0 Å². The number of halogens is 7. The van der Waals surface area contributed by atoms with Crippen molar-refractivity contribution in [1.82, 2.24) is 0 Å². The third kappa shape index (κ3) is 6.50. The summed E-state index contributed by atoms with van der Waals surface area (Å²) in [6, 6.07) is 6.90. The number of rotatable bonds is 9. The van der Waals surface area contributed by atoms with Gasteiger partial charge in [0, 0.05) is 5.92 Å². The van der Waals surface area contributed by atoms with Crippen molar-refractivity contribution in [2.75, 3.05) is 7.11 Å². The van der Waals surface area contributed by atoms with E-state index in [9.17, 15) is 35.5 Å². The van der Waals surface area contributed by atoms with Crippen LogP contribution in [0.5, 0.6) is 0 Å². The van der Waals surface area contributed by atoms with Gasteiger partial charge < -0.3 is 9.47 Å². The van der Waals surface area contributed by atoms with Crippen molar-refractivity contribution < 1.29 is 45.0 Å². The number of unbranched alkanes of at least 4 members (excludes halogenated alkanes) is 2. The van der Waals surface area contributed by atoms with Crippen molar-refractivity contribution in [3.05, 3.63) is 70.5 Å². The number of benzene rings is 2. The molecule has 3 unspecified atom stereocenters. The zero-order valence-electron chi connectivity index (χ0n) is 21.4. The molecule has 0 heterocycles. The lowest BCUT2D eigenvalue weighted by atomic mass is 9.70. The first-order chi connectivity index (χ1) is 17.7. The highest BCUT2D eigenvalue weighted by Crippen LogP contribution is 2.55. The van der Waals surface area contributed by atoms with E-state index < -0.39 is 58.8 Å². The van der Waals surface area contributed by atoms with Gasteiger partial charge in [0.05, 0.1) is 35.9 Å². The van der Waals surface area contributed by atoms with Gasteiger partial charge in [0.1, 0.15) is 5.82 Å². The Hall–Kier alpha value is -2.62. The molecule has 2 aromatic rings. The Morgan fingerprint density at radius 1 is 1.00 bits per heavy atom. The smallest absolute Gasteiger partial charge is 0.416 e. The summed E-state index contributed by atoms with van der Waals surface area (Å²) in [6.45, 7) is 3.39. The fraction of sp³-hybridized carbons (Fsp3) is 0.536. The van der Waals surface area contributed by atoms with Crippen molar-refractivity contribution in [2.45, 2.75) is 82.9 Å². The van der Waals surface area contributed by atoms with Gasteiger partial charge in [0.25, 0.3) is 0 Å². The van der Waals surface area contributed by atoms with E-state index in [2.05, 4.69) is 0 Å². The van der Waals surface area contributed by atoms with Crippen LogP contribution in [-0.4, -0.2) is 19.2 Å². The Balaban J connectivity index is 2.03. The summed E-state index contributed by atoms with van der Waals surface area (Å²) in [7, 11) is 1.27. The van der Waals surface area contributed by atoms with Gasteiger partial charge in [-0.05, 0) is 67.6 Å². The lowest BCUT2D eigenvalue weighted by molar-refractivity contribution is -0.155. The SMILES string of the molecule is CCCCCC1(C(=O)OC)CC[C@H](OC(C)c2cc(C(F)(F)F)cc(C(F)(F)F)c2)C1c1ccc(F)cc1. The molecule has 0 bridgehead atoms. The average Bonchev–Trinajstić information content (AvgIpc) is 3.21. The molecule has 1 fully saturated rings.